The first kappa shape index (κ1) is 16.4. The van der Waals surface area contributed by atoms with E-state index in [0.29, 0.717) is 17.8 Å². The molecule has 0 aliphatic carbocycles. The summed E-state index contributed by atoms with van der Waals surface area (Å²) in [5.41, 5.74) is 6.01. The summed E-state index contributed by atoms with van der Waals surface area (Å²) in [5, 5.41) is 0. The van der Waals surface area contributed by atoms with Gasteiger partial charge in [0.2, 0.25) is 0 Å². The van der Waals surface area contributed by atoms with Crippen molar-refractivity contribution in [2.45, 2.75) is 60.4 Å². The van der Waals surface area contributed by atoms with Gasteiger partial charge in [-0.05, 0) is 29.6 Å². The molecule has 0 fully saturated rings. The number of nitrogens with two attached hydrogens (primary N) is 1. The van der Waals surface area contributed by atoms with Gasteiger partial charge in [-0.25, -0.2) is 0 Å². The van der Waals surface area contributed by atoms with Crippen LogP contribution in [0.15, 0.2) is 12.2 Å². The Balaban J connectivity index is 4.34. The van der Waals surface area contributed by atoms with Crippen molar-refractivity contribution in [2.75, 3.05) is 0 Å². The lowest BCUT2D eigenvalue weighted by Crippen LogP contribution is -2.28. The molecule has 0 radical (unpaired) electrons. The van der Waals surface area contributed by atoms with Crippen LogP contribution >= 0.6 is 0 Å². The number of carbonyl (C=O) groups excluding carboxylic acids is 1. The Morgan fingerprint density at radius 1 is 1.12 bits per heavy atom. The fraction of sp³-hybridized carbons (Fsp3) is 0.800. The minimum absolute atomic E-state index is 0.00747. The lowest BCUT2D eigenvalue weighted by Gasteiger charge is -2.24. The van der Waals surface area contributed by atoms with Gasteiger partial charge in [-0.1, -0.05) is 53.7 Å². The average molecular weight is 239 g/mol. The fourth-order valence-electron chi connectivity index (χ4n) is 2.18. The van der Waals surface area contributed by atoms with Crippen molar-refractivity contribution in [3.63, 3.8) is 0 Å². The first-order valence-corrected chi connectivity index (χ1v) is 6.46. The van der Waals surface area contributed by atoms with E-state index in [9.17, 15) is 4.79 Å². The number of carbonyl (C=O) groups is 1. The third-order valence-corrected chi connectivity index (χ3v) is 2.75. The summed E-state index contributed by atoms with van der Waals surface area (Å²) in [7, 11) is 0. The van der Waals surface area contributed by atoms with Crippen LogP contribution in [0.25, 0.3) is 0 Å². The predicted octanol–water partition coefficient (Wildman–Crippen LogP) is 3.56. The molecular weight excluding hydrogens is 210 g/mol. The van der Waals surface area contributed by atoms with Crippen LogP contribution in [0.5, 0.6) is 0 Å². The van der Waals surface area contributed by atoms with Crippen LogP contribution in [0.1, 0.15) is 54.4 Å². The minimum Gasteiger partial charge on any atom is -0.322 e. The number of hydrogen-bond acceptors (Lipinski definition) is 2. The quantitative estimate of drug-likeness (QED) is 0.569. The highest BCUT2D eigenvalue weighted by molar-refractivity contribution is 5.57. The van der Waals surface area contributed by atoms with Gasteiger partial charge in [0, 0.05) is 0 Å². The normalized spacial score (nSPS) is 17.1. The predicted molar refractivity (Wildman–Crippen MR) is 74.8 cm³/mol. The summed E-state index contributed by atoms with van der Waals surface area (Å²) in [6, 6.07) is -0.354. The van der Waals surface area contributed by atoms with Crippen LogP contribution in [-0.4, -0.2) is 12.3 Å². The zero-order valence-electron chi connectivity index (χ0n) is 12.3. The summed E-state index contributed by atoms with van der Waals surface area (Å²) >= 11 is 0. The van der Waals surface area contributed by atoms with Gasteiger partial charge in [0.05, 0.1) is 6.04 Å². The molecule has 2 nitrogen and oxygen atoms in total. The summed E-state index contributed by atoms with van der Waals surface area (Å²) in [4.78, 5) is 10.6. The van der Waals surface area contributed by atoms with Crippen molar-refractivity contribution in [3.8, 4) is 0 Å². The largest absolute Gasteiger partial charge is 0.322 e. The van der Waals surface area contributed by atoms with E-state index in [0.717, 1.165) is 6.29 Å². The molecule has 0 rings (SSSR count). The molecule has 17 heavy (non-hydrogen) atoms. The Bertz CT molecular complexity index is 261. The molecule has 0 spiro atoms. The average Bonchev–Trinajstić information content (AvgIpc) is 2.11. The summed E-state index contributed by atoms with van der Waals surface area (Å²) in [5.74, 6) is 0.557. The van der Waals surface area contributed by atoms with Crippen molar-refractivity contribution < 1.29 is 4.79 Å². The maximum Gasteiger partial charge on any atom is 0.136 e. The monoisotopic (exact) mass is 239 g/mol. The van der Waals surface area contributed by atoms with E-state index in [1.807, 2.05) is 0 Å². The van der Waals surface area contributed by atoms with Crippen molar-refractivity contribution >= 4 is 6.29 Å². The van der Waals surface area contributed by atoms with Crippen LogP contribution in [0.3, 0.4) is 0 Å². The van der Waals surface area contributed by atoms with Crippen LogP contribution < -0.4 is 5.73 Å². The Morgan fingerprint density at radius 2 is 1.65 bits per heavy atom. The number of aldehydes is 1. The Kier molecular flexibility index (Phi) is 6.11. The highest BCUT2D eigenvalue weighted by atomic mass is 16.1. The smallest absolute Gasteiger partial charge is 0.136 e. The van der Waals surface area contributed by atoms with Gasteiger partial charge < -0.3 is 10.5 Å². The minimum atomic E-state index is -0.354. The molecule has 2 unspecified atom stereocenters. The van der Waals surface area contributed by atoms with E-state index >= 15 is 0 Å². The van der Waals surface area contributed by atoms with E-state index < -0.39 is 0 Å². The van der Waals surface area contributed by atoms with Gasteiger partial charge in [0.1, 0.15) is 6.29 Å². The van der Waals surface area contributed by atoms with Crippen LogP contribution in [0.4, 0.5) is 0 Å². The van der Waals surface area contributed by atoms with Crippen molar-refractivity contribution in [3.05, 3.63) is 12.2 Å². The van der Waals surface area contributed by atoms with Crippen molar-refractivity contribution in [1.82, 2.24) is 0 Å². The molecule has 0 aliphatic heterocycles. The molecule has 0 saturated heterocycles. The first-order chi connectivity index (χ1) is 7.56. The van der Waals surface area contributed by atoms with Gasteiger partial charge in [-0.2, -0.15) is 0 Å². The molecule has 2 N–H and O–H groups in total. The lowest BCUT2D eigenvalue weighted by molar-refractivity contribution is -0.109. The highest BCUT2D eigenvalue weighted by Crippen LogP contribution is 2.28. The van der Waals surface area contributed by atoms with E-state index in [1.165, 1.54) is 6.42 Å². The standard InChI is InChI=1S/C15H29NO/c1-12(9-14(2,3)4)7-8-15(5,6)10-13(16)11-17/h7-8,11-13H,9-10,16H2,1-6H3/b8-7-. The number of hydrogen-bond donors (Lipinski definition) is 1. The maximum atomic E-state index is 10.6. The topological polar surface area (TPSA) is 43.1 Å². The molecule has 2 atom stereocenters. The van der Waals surface area contributed by atoms with E-state index in [-0.39, 0.29) is 11.5 Å². The summed E-state index contributed by atoms with van der Waals surface area (Å²) in [6.45, 7) is 13.2. The third-order valence-electron chi connectivity index (χ3n) is 2.75. The summed E-state index contributed by atoms with van der Waals surface area (Å²) in [6.07, 6.45) is 7.15. The SMILES string of the molecule is CC(/C=C\C(C)(C)CC(N)C=O)CC(C)(C)C. The second-order valence-corrected chi connectivity index (χ2v) is 7.09. The second kappa shape index (κ2) is 6.34. The maximum absolute atomic E-state index is 10.6. The number of rotatable bonds is 6. The van der Waals surface area contributed by atoms with Crippen molar-refractivity contribution in [2.24, 2.45) is 22.5 Å². The van der Waals surface area contributed by atoms with Crippen LogP contribution in [0.2, 0.25) is 0 Å². The molecule has 0 aromatic heterocycles. The zero-order chi connectivity index (χ0) is 13.7. The van der Waals surface area contributed by atoms with Gasteiger partial charge in [0.25, 0.3) is 0 Å². The van der Waals surface area contributed by atoms with E-state index in [2.05, 4.69) is 53.7 Å². The fourth-order valence-corrected chi connectivity index (χ4v) is 2.18. The number of allylic oxidation sites excluding steroid dienone is 2. The third kappa shape index (κ3) is 9.11. The van der Waals surface area contributed by atoms with Gasteiger partial charge in [0.15, 0.2) is 0 Å². The zero-order valence-corrected chi connectivity index (χ0v) is 12.3. The molecule has 0 saturated carbocycles. The molecule has 0 heterocycles. The van der Waals surface area contributed by atoms with Gasteiger partial charge >= 0.3 is 0 Å². The molecule has 2 heteroatoms. The highest BCUT2D eigenvalue weighted by Gasteiger charge is 2.19. The Labute approximate surface area is 107 Å². The molecule has 100 valence electrons. The van der Waals surface area contributed by atoms with Gasteiger partial charge in [-0.15, -0.1) is 0 Å². The van der Waals surface area contributed by atoms with Gasteiger partial charge in [-0.3, -0.25) is 0 Å². The molecule has 0 amide bonds. The molecule has 0 bridgehead atoms. The molecule has 0 aliphatic rings. The van der Waals surface area contributed by atoms with Crippen LogP contribution in [0, 0.1) is 16.7 Å². The second-order valence-electron chi connectivity index (χ2n) is 7.09. The first-order valence-electron chi connectivity index (χ1n) is 6.46. The van der Waals surface area contributed by atoms with Crippen molar-refractivity contribution in [1.29, 1.82) is 0 Å². The molecule has 0 aromatic carbocycles. The Morgan fingerprint density at radius 3 is 2.06 bits per heavy atom. The van der Waals surface area contributed by atoms with E-state index in [4.69, 9.17) is 5.73 Å². The Hall–Kier alpha value is -0.630. The molecule has 0 aromatic rings. The van der Waals surface area contributed by atoms with E-state index in [1.54, 1.807) is 0 Å². The lowest BCUT2D eigenvalue weighted by atomic mass is 9.82. The molecular formula is C15H29NO. The summed E-state index contributed by atoms with van der Waals surface area (Å²) < 4.78 is 0. The van der Waals surface area contributed by atoms with Crippen LogP contribution in [-0.2, 0) is 4.79 Å².